The minimum atomic E-state index is -0.722. The van der Waals surface area contributed by atoms with Gasteiger partial charge in [0.05, 0.1) is 7.11 Å². The van der Waals surface area contributed by atoms with Crippen LogP contribution in [-0.4, -0.2) is 19.0 Å². The van der Waals surface area contributed by atoms with Gasteiger partial charge >= 0.3 is 5.97 Å². The second kappa shape index (κ2) is 6.68. The van der Waals surface area contributed by atoms with Gasteiger partial charge in [-0.3, -0.25) is 4.79 Å². The Morgan fingerprint density at radius 3 is 2.47 bits per heavy atom. The Kier molecular flexibility index (Phi) is 5.20. The van der Waals surface area contributed by atoms with Crippen LogP contribution in [0.15, 0.2) is 30.3 Å². The summed E-state index contributed by atoms with van der Waals surface area (Å²) in [7, 11) is 1.31. The molecule has 0 aliphatic rings. The van der Waals surface area contributed by atoms with E-state index < -0.39 is 12.0 Å². The standard InChI is InChI=1S/C13H17NO3/c1-3-7-11(15)14-12(13(16)17-2)10-8-5-4-6-9-10/h4-6,8-9,12H,3,7H2,1-2H3,(H,14,15). The number of carbonyl (C=O) groups is 2. The molecule has 1 aromatic carbocycles. The minimum absolute atomic E-state index is 0.147. The van der Waals surface area contributed by atoms with Crippen molar-refractivity contribution in [3.05, 3.63) is 35.9 Å². The highest BCUT2D eigenvalue weighted by Gasteiger charge is 2.22. The lowest BCUT2D eigenvalue weighted by Crippen LogP contribution is -2.34. The summed E-state index contributed by atoms with van der Waals surface area (Å²) in [4.78, 5) is 23.1. The third kappa shape index (κ3) is 3.90. The average Bonchev–Trinajstić information content (AvgIpc) is 2.36. The largest absolute Gasteiger partial charge is 0.467 e. The van der Waals surface area contributed by atoms with Gasteiger partial charge in [-0.25, -0.2) is 4.79 Å². The second-order valence-electron chi connectivity index (χ2n) is 3.68. The van der Waals surface area contributed by atoms with Gasteiger partial charge in [0.25, 0.3) is 0 Å². The van der Waals surface area contributed by atoms with Crippen molar-refractivity contribution in [1.82, 2.24) is 5.32 Å². The number of methoxy groups -OCH3 is 1. The Bertz CT molecular complexity index is 376. The molecule has 0 saturated carbocycles. The molecule has 1 atom stereocenters. The zero-order valence-corrected chi connectivity index (χ0v) is 10.1. The van der Waals surface area contributed by atoms with Crippen LogP contribution >= 0.6 is 0 Å². The molecule has 17 heavy (non-hydrogen) atoms. The van der Waals surface area contributed by atoms with Crippen molar-refractivity contribution < 1.29 is 14.3 Å². The molecule has 0 spiro atoms. The smallest absolute Gasteiger partial charge is 0.333 e. The fraction of sp³-hybridized carbons (Fsp3) is 0.385. The first-order chi connectivity index (χ1) is 8.19. The van der Waals surface area contributed by atoms with E-state index in [-0.39, 0.29) is 5.91 Å². The van der Waals surface area contributed by atoms with E-state index in [2.05, 4.69) is 5.32 Å². The van der Waals surface area contributed by atoms with Crippen LogP contribution in [0.3, 0.4) is 0 Å². The van der Waals surface area contributed by atoms with Gasteiger partial charge in [-0.15, -0.1) is 0 Å². The van der Waals surface area contributed by atoms with Gasteiger partial charge in [-0.1, -0.05) is 37.3 Å². The molecular formula is C13H17NO3. The number of benzene rings is 1. The summed E-state index contributed by atoms with van der Waals surface area (Å²) in [5, 5.41) is 2.67. The molecular weight excluding hydrogens is 218 g/mol. The van der Waals surface area contributed by atoms with Gasteiger partial charge in [-0.2, -0.15) is 0 Å². The second-order valence-corrected chi connectivity index (χ2v) is 3.68. The molecule has 0 fully saturated rings. The Hall–Kier alpha value is -1.84. The van der Waals surface area contributed by atoms with E-state index in [1.807, 2.05) is 25.1 Å². The van der Waals surface area contributed by atoms with Crippen LogP contribution in [0.25, 0.3) is 0 Å². The van der Waals surface area contributed by atoms with Gasteiger partial charge in [0.1, 0.15) is 0 Å². The molecule has 92 valence electrons. The number of amides is 1. The molecule has 0 heterocycles. The van der Waals surface area contributed by atoms with Crippen LogP contribution in [0.5, 0.6) is 0 Å². The first-order valence-electron chi connectivity index (χ1n) is 5.61. The molecule has 4 nitrogen and oxygen atoms in total. The monoisotopic (exact) mass is 235 g/mol. The summed E-state index contributed by atoms with van der Waals surface area (Å²) in [5.41, 5.74) is 0.726. The Balaban J connectivity index is 2.82. The first kappa shape index (κ1) is 13.2. The maximum atomic E-state index is 11.6. The quantitative estimate of drug-likeness (QED) is 0.792. The third-order valence-corrected chi connectivity index (χ3v) is 2.35. The van der Waals surface area contributed by atoms with Crippen molar-refractivity contribution in [3.63, 3.8) is 0 Å². The molecule has 0 saturated heterocycles. The molecule has 1 aromatic rings. The zero-order chi connectivity index (χ0) is 12.7. The molecule has 1 amide bonds. The van der Waals surface area contributed by atoms with E-state index in [9.17, 15) is 9.59 Å². The predicted octanol–water partition coefficient (Wildman–Crippen LogP) is 1.82. The third-order valence-electron chi connectivity index (χ3n) is 2.35. The highest BCUT2D eigenvalue weighted by molar-refractivity contribution is 5.85. The summed E-state index contributed by atoms with van der Waals surface area (Å²) in [6, 6.07) is 8.34. The van der Waals surface area contributed by atoms with Crippen molar-refractivity contribution in [3.8, 4) is 0 Å². The molecule has 0 bridgehead atoms. The van der Waals surface area contributed by atoms with Crippen LogP contribution in [0.1, 0.15) is 31.4 Å². The van der Waals surface area contributed by atoms with E-state index in [1.165, 1.54) is 7.11 Å². The SMILES string of the molecule is CCCC(=O)NC(C(=O)OC)c1ccccc1. The molecule has 0 aliphatic heterocycles. The van der Waals surface area contributed by atoms with E-state index in [0.29, 0.717) is 6.42 Å². The summed E-state index contributed by atoms with van der Waals surface area (Å²) in [6.07, 6.45) is 1.15. The first-order valence-corrected chi connectivity index (χ1v) is 5.61. The van der Waals surface area contributed by atoms with Crippen molar-refractivity contribution >= 4 is 11.9 Å². The number of nitrogens with one attached hydrogen (secondary N) is 1. The molecule has 4 heteroatoms. The van der Waals surface area contributed by atoms with Crippen molar-refractivity contribution in [1.29, 1.82) is 0 Å². The van der Waals surface area contributed by atoms with Crippen LogP contribution in [0.2, 0.25) is 0 Å². The van der Waals surface area contributed by atoms with Gasteiger partial charge < -0.3 is 10.1 Å². The Morgan fingerprint density at radius 2 is 1.94 bits per heavy atom. The molecule has 1 unspecified atom stereocenters. The molecule has 0 aliphatic carbocycles. The highest BCUT2D eigenvalue weighted by atomic mass is 16.5. The zero-order valence-electron chi connectivity index (χ0n) is 10.1. The van der Waals surface area contributed by atoms with E-state index >= 15 is 0 Å². The predicted molar refractivity (Wildman–Crippen MR) is 64.2 cm³/mol. The number of hydrogen-bond acceptors (Lipinski definition) is 3. The lowest BCUT2D eigenvalue weighted by atomic mass is 10.1. The van der Waals surface area contributed by atoms with E-state index in [1.54, 1.807) is 12.1 Å². The van der Waals surface area contributed by atoms with Crippen LogP contribution in [0.4, 0.5) is 0 Å². The number of esters is 1. The number of hydrogen-bond donors (Lipinski definition) is 1. The Morgan fingerprint density at radius 1 is 1.29 bits per heavy atom. The van der Waals surface area contributed by atoms with E-state index in [4.69, 9.17) is 4.74 Å². The molecule has 1 N–H and O–H groups in total. The maximum absolute atomic E-state index is 11.6. The fourth-order valence-corrected chi connectivity index (χ4v) is 1.50. The highest BCUT2D eigenvalue weighted by Crippen LogP contribution is 2.14. The van der Waals surface area contributed by atoms with Gasteiger partial charge in [0.15, 0.2) is 6.04 Å². The summed E-state index contributed by atoms with van der Waals surface area (Å²) in [6.45, 7) is 1.91. The number of rotatable bonds is 5. The maximum Gasteiger partial charge on any atom is 0.333 e. The lowest BCUT2D eigenvalue weighted by Gasteiger charge is -2.16. The average molecular weight is 235 g/mol. The Labute approximate surface area is 101 Å². The summed E-state index contributed by atoms with van der Waals surface area (Å²) in [5.74, 6) is -0.604. The van der Waals surface area contributed by atoms with Gasteiger partial charge in [0, 0.05) is 6.42 Å². The van der Waals surface area contributed by atoms with Gasteiger partial charge in [-0.05, 0) is 12.0 Å². The lowest BCUT2D eigenvalue weighted by molar-refractivity contribution is -0.145. The van der Waals surface area contributed by atoms with Gasteiger partial charge in [0.2, 0.25) is 5.91 Å². The molecule has 1 rings (SSSR count). The minimum Gasteiger partial charge on any atom is -0.467 e. The fourth-order valence-electron chi connectivity index (χ4n) is 1.50. The number of ether oxygens (including phenoxy) is 1. The molecule has 0 aromatic heterocycles. The van der Waals surface area contributed by atoms with Crippen LogP contribution < -0.4 is 5.32 Å². The van der Waals surface area contributed by atoms with E-state index in [0.717, 1.165) is 12.0 Å². The summed E-state index contributed by atoms with van der Waals surface area (Å²) >= 11 is 0. The van der Waals surface area contributed by atoms with Crippen LogP contribution in [-0.2, 0) is 14.3 Å². The normalized spacial score (nSPS) is 11.6. The topological polar surface area (TPSA) is 55.4 Å². The van der Waals surface area contributed by atoms with Crippen molar-refractivity contribution in [2.75, 3.05) is 7.11 Å². The van der Waals surface area contributed by atoms with Crippen molar-refractivity contribution in [2.45, 2.75) is 25.8 Å². The summed E-state index contributed by atoms with van der Waals surface area (Å²) < 4.78 is 4.69. The number of carbonyl (C=O) groups excluding carboxylic acids is 2. The molecule has 0 radical (unpaired) electrons. The van der Waals surface area contributed by atoms with Crippen LogP contribution in [0, 0.1) is 0 Å². The van der Waals surface area contributed by atoms with Crippen molar-refractivity contribution in [2.24, 2.45) is 0 Å².